The van der Waals surface area contributed by atoms with Gasteiger partial charge in [-0.05, 0) is 80.5 Å². The summed E-state index contributed by atoms with van der Waals surface area (Å²) in [4.78, 5) is 18.6. The highest BCUT2D eigenvalue weighted by molar-refractivity contribution is 7.92. The number of hydrogen-bond acceptors (Lipinski definition) is 8. The molecule has 0 radical (unpaired) electrons. The first-order chi connectivity index (χ1) is 25.7. The number of halogens is 5. The number of rotatable bonds is 8. The lowest BCUT2D eigenvalue weighted by Gasteiger charge is -2.34. The van der Waals surface area contributed by atoms with Gasteiger partial charge in [0, 0.05) is 35.7 Å². The average molecular weight is 797 g/mol. The van der Waals surface area contributed by atoms with Crippen LogP contribution in [0.5, 0.6) is 0 Å². The fourth-order valence-electron chi connectivity index (χ4n) is 7.11. The summed E-state index contributed by atoms with van der Waals surface area (Å²) in [7, 11) is -2.25. The van der Waals surface area contributed by atoms with E-state index in [-0.39, 0.29) is 55.8 Å². The zero-order valence-electron chi connectivity index (χ0n) is 29.7. The molecule has 0 saturated heterocycles. The van der Waals surface area contributed by atoms with Crippen LogP contribution in [0.1, 0.15) is 60.8 Å². The Morgan fingerprint density at radius 1 is 1.13 bits per heavy atom. The van der Waals surface area contributed by atoms with Gasteiger partial charge in [0.2, 0.25) is 15.9 Å². The Balaban J connectivity index is 1.41. The standard InChI is InChI=1S/C37H33ClF4N8O4S/c1-36(2,52)12-11-21-5-6-22(23-8-10-26(38)30-32(23)49(3)47-35(30)48-55(4,53)54)31(44-21)27(15-18-13-19(39)16-20(40)14-18)45-28(51)17-50-33-29(34(43)46-50)24-7-9-25(24)37(33,41)42/h5-6,8,10,13-16,24-25,52H,7,9,17H2,1-4H3,(H2,43,46)(H,45,51)(H,47,48). The third-order valence-corrected chi connectivity index (χ3v) is 10.2. The van der Waals surface area contributed by atoms with E-state index in [2.05, 4.69) is 32.1 Å². The maximum Gasteiger partial charge on any atom is 0.293 e. The Hall–Kier alpha value is -5.44. The number of amides is 1. The Morgan fingerprint density at radius 2 is 1.82 bits per heavy atom. The van der Waals surface area contributed by atoms with Crippen LogP contribution in [0.4, 0.5) is 29.2 Å². The second kappa shape index (κ2) is 13.4. The second-order valence-corrected chi connectivity index (χ2v) is 16.2. The number of alkyl halides is 2. The van der Waals surface area contributed by atoms with Crippen molar-refractivity contribution in [3.8, 4) is 23.0 Å². The van der Waals surface area contributed by atoms with E-state index in [4.69, 9.17) is 22.3 Å². The first kappa shape index (κ1) is 37.9. The quantitative estimate of drug-likeness (QED) is 0.114. The van der Waals surface area contributed by atoms with Crippen molar-refractivity contribution in [1.82, 2.24) is 29.9 Å². The van der Waals surface area contributed by atoms with Crippen molar-refractivity contribution in [3.63, 3.8) is 0 Å². The number of benzene rings is 2. The Kier molecular flexibility index (Phi) is 9.22. The van der Waals surface area contributed by atoms with Crippen molar-refractivity contribution < 1.29 is 35.9 Å². The molecule has 3 aromatic heterocycles. The summed E-state index contributed by atoms with van der Waals surface area (Å²) in [6.45, 7) is 2.22. The highest BCUT2D eigenvalue weighted by atomic mass is 35.5. The smallest absolute Gasteiger partial charge is 0.293 e. The zero-order chi connectivity index (χ0) is 39.8. The molecular formula is C37H33ClF4N8O4S. The van der Waals surface area contributed by atoms with Crippen LogP contribution >= 0.6 is 11.6 Å². The lowest BCUT2D eigenvalue weighted by atomic mass is 9.73. The molecule has 5 aromatic rings. The number of pyridine rings is 1. The van der Waals surface area contributed by atoms with Crippen molar-refractivity contribution in [2.45, 2.75) is 50.7 Å². The van der Waals surface area contributed by atoms with E-state index in [0.29, 0.717) is 30.0 Å². The zero-order valence-corrected chi connectivity index (χ0v) is 31.3. The van der Waals surface area contributed by atoms with Crippen LogP contribution in [0.25, 0.3) is 33.8 Å². The van der Waals surface area contributed by atoms with E-state index in [1.165, 1.54) is 36.7 Å². The third-order valence-electron chi connectivity index (χ3n) is 9.36. The van der Waals surface area contributed by atoms with Crippen LogP contribution in [0, 0.1) is 29.4 Å². The lowest BCUT2D eigenvalue weighted by molar-refractivity contribution is -0.121. The minimum Gasteiger partial charge on any atom is -0.382 e. The fourth-order valence-corrected chi connectivity index (χ4v) is 7.84. The largest absolute Gasteiger partial charge is 0.382 e. The lowest BCUT2D eigenvalue weighted by Crippen LogP contribution is -2.34. The Bertz CT molecular complexity index is 2620. The summed E-state index contributed by atoms with van der Waals surface area (Å²) in [6.07, 6.45) is 3.02. The van der Waals surface area contributed by atoms with Crippen molar-refractivity contribution in [3.05, 3.63) is 87.3 Å². The summed E-state index contributed by atoms with van der Waals surface area (Å²) in [5.74, 6) is -2.08. The number of aryl methyl sites for hydroxylation is 1. The summed E-state index contributed by atoms with van der Waals surface area (Å²) in [5, 5.41) is 21.8. The number of carbonyl (C=O) groups excluding carboxylic acids is 1. The fraction of sp³-hybridized carbons (Fsp3) is 0.297. The normalized spacial score (nSPS) is 17.6. The predicted octanol–water partition coefficient (Wildman–Crippen LogP) is 5.75. The van der Waals surface area contributed by atoms with Gasteiger partial charge in [-0.15, -0.1) is 0 Å². The predicted molar refractivity (Wildman–Crippen MR) is 199 cm³/mol. The molecule has 0 aliphatic heterocycles. The molecule has 286 valence electrons. The number of nitrogens with one attached hydrogen (secondary N) is 2. The number of sulfonamides is 1. The molecule has 55 heavy (non-hydrogen) atoms. The van der Waals surface area contributed by atoms with Gasteiger partial charge in [0.1, 0.15) is 41.0 Å². The molecule has 1 amide bonds. The van der Waals surface area contributed by atoms with Crippen molar-refractivity contribution in [2.24, 2.45) is 13.0 Å². The molecule has 2 atom stereocenters. The molecule has 1 saturated carbocycles. The molecule has 18 heteroatoms. The molecule has 2 aromatic carbocycles. The van der Waals surface area contributed by atoms with Gasteiger partial charge in [-0.3, -0.25) is 18.9 Å². The molecule has 12 nitrogen and oxygen atoms in total. The van der Waals surface area contributed by atoms with Gasteiger partial charge in [-0.25, -0.2) is 22.2 Å². The maximum absolute atomic E-state index is 15.5. The first-order valence-electron chi connectivity index (χ1n) is 16.8. The SMILES string of the molecule is Cn1nc(NS(C)(=O)=O)c2c(Cl)ccc(-c3ccc(C#CC(C)(C)O)nc3C(=Cc3cc(F)cc(F)c3)NC(=O)Cn3nc(N)c4c3C(F)(F)C3CCC43)c21. The third kappa shape index (κ3) is 7.24. The number of anilines is 2. The van der Waals surface area contributed by atoms with Gasteiger partial charge in [-0.2, -0.15) is 19.0 Å². The van der Waals surface area contributed by atoms with Gasteiger partial charge in [-0.1, -0.05) is 23.6 Å². The summed E-state index contributed by atoms with van der Waals surface area (Å²) in [5.41, 5.74) is 5.36. The summed E-state index contributed by atoms with van der Waals surface area (Å²) in [6, 6.07) is 8.89. The highest BCUT2D eigenvalue weighted by Gasteiger charge is 2.61. The van der Waals surface area contributed by atoms with Crippen LogP contribution in [0.15, 0.2) is 42.5 Å². The van der Waals surface area contributed by atoms with E-state index < -0.39 is 63.2 Å². The molecular weight excluding hydrogens is 764 g/mol. The number of nitrogens with zero attached hydrogens (tertiary/aromatic N) is 5. The molecule has 0 spiro atoms. The molecule has 5 N–H and O–H groups in total. The monoisotopic (exact) mass is 796 g/mol. The van der Waals surface area contributed by atoms with Gasteiger partial charge in [0.15, 0.2) is 5.82 Å². The van der Waals surface area contributed by atoms with Gasteiger partial charge < -0.3 is 16.2 Å². The minimum absolute atomic E-state index is 0.0170. The van der Waals surface area contributed by atoms with Gasteiger partial charge in [0.05, 0.1) is 33.6 Å². The maximum atomic E-state index is 15.5. The number of aromatic nitrogens is 5. The summed E-state index contributed by atoms with van der Waals surface area (Å²) >= 11 is 6.59. The molecule has 2 aliphatic rings. The summed E-state index contributed by atoms with van der Waals surface area (Å²) < 4.78 is 89.2. The Morgan fingerprint density at radius 3 is 2.45 bits per heavy atom. The number of fused-ring (bicyclic) bond motifs is 4. The minimum atomic E-state index is -3.80. The number of hydrogen-bond donors (Lipinski definition) is 4. The average Bonchev–Trinajstić information content (AvgIpc) is 3.58. The van der Waals surface area contributed by atoms with Crippen LogP contribution < -0.4 is 15.8 Å². The highest BCUT2D eigenvalue weighted by Crippen LogP contribution is 2.63. The molecule has 0 bridgehead atoms. The topological polar surface area (TPSA) is 170 Å². The van der Waals surface area contributed by atoms with E-state index in [9.17, 15) is 27.1 Å². The second-order valence-electron chi connectivity index (χ2n) is 14.1. The van der Waals surface area contributed by atoms with Crippen molar-refractivity contribution in [1.29, 1.82) is 0 Å². The van der Waals surface area contributed by atoms with Crippen LogP contribution in [-0.2, 0) is 34.3 Å². The van der Waals surface area contributed by atoms with Gasteiger partial charge >= 0.3 is 0 Å². The van der Waals surface area contributed by atoms with E-state index in [0.717, 1.165) is 23.1 Å². The van der Waals surface area contributed by atoms with Gasteiger partial charge in [0.25, 0.3) is 5.92 Å². The van der Waals surface area contributed by atoms with E-state index in [1.54, 1.807) is 19.2 Å². The van der Waals surface area contributed by atoms with E-state index >= 15 is 8.78 Å². The van der Waals surface area contributed by atoms with Crippen LogP contribution in [-0.4, -0.2) is 55.8 Å². The number of carbonyl (C=O) groups is 1. The molecule has 7 rings (SSSR count). The molecule has 1 fully saturated rings. The number of nitrogens with two attached hydrogens (primary N) is 1. The number of aliphatic hydroxyl groups is 1. The molecule has 3 heterocycles. The van der Waals surface area contributed by atoms with Crippen LogP contribution in [0.3, 0.4) is 0 Å². The van der Waals surface area contributed by atoms with Crippen molar-refractivity contribution in [2.75, 3.05) is 16.7 Å². The first-order valence-corrected chi connectivity index (χ1v) is 19.1. The van der Waals surface area contributed by atoms with E-state index in [1.807, 2.05) is 0 Å². The van der Waals surface area contributed by atoms with Crippen LogP contribution in [0.2, 0.25) is 5.02 Å². The molecule has 2 aliphatic carbocycles. The Labute approximate surface area is 317 Å². The number of nitrogen functional groups attached to an aromatic ring is 1. The van der Waals surface area contributed by atoms with Crippen molar-refractivity contribution >= 4 is 61.8 Å². The molecule has 2 unspecified atom stereocenters.